The molecule has 0 aliphatic carbocycles. The molecule has 0 bridgehead atoms. The van der Waals surface area contributed by atoms with Crippen LogP contribution in [0.3, 0.4) is 0 Å². The van der Waals surface area contributed by atoms with E-state index in [4.69, 9.17) is 20.7 Å². The summed E-state index contributed by atoms with van der Waals surface area (Å²) >= 11 is 0. The van der Waals surface area contributed by atoms with Crippen LogP contribution in [0.1, 0.15) is 11.8 Å². The van der Waals surface area contributed by atoms with Gasteiger partial charge in [-0.1, -0.05) is 0 Å². The quantitative estimate of drug-likeness (QED) is 0.308. The minimum Gasteiger partial charge on any atom is -0.480 e. The molecule has 2 heterocycles. The molecule has 1 aliphatic heterocycles. The molecular weight excluding hydrogens is 312 g/mol. The molecule has 1 aliphatic rings. The third-order valence-electron chi connectivity index (χ3n) is 3.44. The van der Waals surface area contributed by atoms with Crippen LogP contribution in [-0.4, -0.2) is 67.4 Å². The van der Waals surface area contributed by atoms with E-state index in [1.165, 1.54) is 6.20 Å². The number of hydrogen-bond donors (Lipinski definition) is 6. The smallest absolute Gasteiger partial charge is 0.351 e. The lowest BCUT2D eigenvalue weighted by Crippen LogP contribution is -2.36. The van der Waals surface area contributed by atoms with E-state index in [0.717, 1.165) is 4.57 Å². The number of rotatable bonds is 6. The Morgan fingerprint density at radius 3 is 2.70 bits per heavy atom. The van der Waals surface area contributed by atoms with E-state index < -0.39 is 42.8 Å². The Kier molecular flexibility index (Phi) is 5.28. The summed E-state index contributed by atoms with van der Waals surface area (Å²) in [6, 6.07) is 0. The first-order valence-electron chi connectivity index (χ1n) is 6.77. The molecule has 11 nitrogen and oxygen atoms in total. The summed E-state index contributed by atoms with van der Waals surface area (Å²) in [6.45, 7) is -0.814. The van der Waals surface area contributed by atoms with Gasteiger partial charge in [0.25, 0.3) is 0 Å². The van der Waals surface area contributed by atoms with Gasteiger partial charge in [-0.3, -0.25) is 9.36 Å². The number of nitrogens with zero attached hydrogens (tertiary/aromatic N) is 2. The van der Waals surface area contributed by atoms with Crippen molar-refractivity contribution in [2.24, 2.45) is 0 Å². The topological polar surface area (TPSA) is 180 Å². The molecule has 1 aromatic heterocycles. The first kappa shape index (κ1) is 17.3. The lowest BCUT2D eigenvalue weighted by molar-refractivity contribution is -0.136. The van der Waals surface area contributed by atoms with Crippen LogP contribution in [0.15, 0.2) is 11.0 Å². The Labute approximate surface area is 129 Å². The fraction of sp³-hybridized carbons (Fsp3) is 0.583. The van der Waals surface area contributed by atoms with Crippen molar-refractivity contribution < 1.29 is 30.0 Å². The van der Waals surface area contributed by atoms with Crippen LogP contribution in [0.4, 0.5) is 5.82 Å². The maximum Gasteiger partial charge on any atom is 0.351 e. The Hall–Kier alpha value is -2.05. The van der Waals surface area contributed by atoms with Gasteiger partial charge in [0.15, 0.2) is 6.23 Å². The summed E-state index contributed by atoms with van der Waals surface area (Å²) in [5, 5.41) is 39.9. The second-order valence-corrected chi connectivity index (χ2v) is 5.07. The number of nitrogen functional groups attached to an aromatic ring is 1. The molecule has 0 amide bonds. The molecule has 7 N–H and O–H groups in total. The summed E-state index contributed by atoms with van der Waals surface area (Å²) in [7, 11) is 0. The number of nitrogens with two attached hydrogens (primary N) is 1. The molecule has 0 radical (unpaired) electrons. The van der Waals surface area contributed by atoms with E-state index in [9.17, 15) is 19.8 Å². The number of carboxylic acids is 1. The summed E-state index contributed by atoms with van der Waals surface area (Å²) in [5.41, 5.74) is 5.13. The number of ether oxygens (including phenoxy) is 1. The van der Waals surface area contributed by atoms with Gasteiger partial charge >= 0.3 is 11.7 Å². The van der Waals surface area contributed by atoms with E-state index in [0.29, 0.717) is 5.56 Å². The van der Waals surface area contributed by atoms with Gasteiger partial charge in [0.2, 0.25) is 0 Å². The first-order chi connectivity index (χ1) is 10.8. The van der Waals surface area contributed by atoms with E-state index >= 15 is 0 Å². The molecule has 0 unspecified atom stereocenters. The highest BCUT2D eigenvalue weighted by Crippen LogP contribution is 2.28. The highest BCUT2D eigenvalue weighted by molar-refractivity contribution is 5.69. The van der Waals surface area contributed by atoms with Crippen molar-refractivity contribution in [3.63, 3.8) is 0 Å². The normalized spacial score (nSPS) is 27.3. The largest absolute Gasteiger partial charge is 0.480 e. The van der Waals surface area contributed by atoms with Gasteiger partial charge < -0.3 is 36.2 Å². The lowest BCUT2D eigenvalue weighted by Gasteiger charge is -2.18. The van der Waals surface area contributed by atoms with Crippen LogP contribution in [0.2, 0.25) is 0 Å². The van der Waals surface area contributed by atoms with Crippen LogP contribution in [0.25, 0.3) is 0 Å². The van der Waals surface area contributed by atoms with Crippen molar-refractivity contribution in [2.75, 3.05) is 18.9 Å². The van der Waals surface area contributed by atoms with Crippen molar-refractivity contribution in [1.29, 1.82) is 0 Å². The molecule has 11 heteroatoms. The molecule has 1 saturated heterocycles. The number of carboxylic acid groups (broad SMARTS) is 1. The molecule has 0 spiro atoms. The Morgan fingerprint density at radius 2 is 2.13 bits per heavy atom. The van der Waals surface area contributed by atoms with Gasteiger partial charge in [0, 0.05) is 18.3 Å². The van der Waals surface area contributed by atoms with Crippen molar-refractivity contribution in [3.05, 3.63) is 22.2 Å². The number of aliphatic hydroxyl groups excluding tert-OH is 3. The molecule has 1 aromatic rings. The number of aromatic nitrogens is 2. The van der Waals surface area contributed by atoms with Crippen LogP contribution in [0.5, 0.6) is 0 Å². The Balaban J connectivity index is 2.25. The molecule has 0 aromatic carbocycles. The van der Waals surface area contributed by atoms with Gasteiger partial charge in [-0.25, -0.2) is 4.79 Å². The Morgan fingerprint density at radius 1 is 1.43 bits per heavy atom. The second-order valence-electron chi connectivity index (χ2n) is 5.07. The Bertz CT molecular complexity index is 634. The van der Waals surface area contributed by atoms with Crippen molar-refractivity contribution in [1.82, 2.24) is 14.9 Å². The zero-order valence-corrected chi connectivity index (χ0v) is 12.0. The van der Waals surface area contributed by atoms with Gasteiger partial charge in [0.1, 0.15) is 24.1 Å². The average molecular weight is 330 g/mol. The number of hydrogen-bond acceptors (Lipinski definition) is 9. The van der Waals surface area contributed by atoms with E-state index in [2.05, 4.69) is 10.3 Å². The number of carbonyl (C=O) groups is 1. The molecule has 0 saturated carbocycles. The summed E-state index contributed by atoms with van der Waals surface area (Å²) in [4.78, 5) is 26.0. The third-order valence-corrected chi connectivity index (χ3v) is 3.44. The third kappa shape index (κ3) is 3.65. The summed E-state index contributed by atoms with van der Waals surface area (Å²) in [5.74, 6) is -1.15. The van der Waals surface area contributed by atoms with Crippen LogP contribution >= 0.6 is 0 Å². The van der Waals surface area contributed by atoms with Crippen LogP contribution < -0.4 is 16.7 Å². The standard InChI is InChI=1S/C12H18N4O7/c13-10-5(1-14-2-7(18)19)3-16(12(22)15-10)11-9(21)8(20)6(4-17)23-11/h3,6,8-9,11,14,17,20-21H,1-2,4H2,(H,18,19)(H2,13,15,22)/t6-,8-,9-,11-/m1/s1. The molecular formula is C12H18N4O7. The molecule has 2 rings (SSSR count). The molecule has 1 fully saturated rings. The highest BCUT2D eigenvalue weighted by Gasteiger charge is 2.43. The number of aliphatic hydroxyl groups is 3. The predicted molar refractivity (Wildman–Crippen MR) is 75.3 cm³/mol. The van der Waals surface area contributed by atoms with Gasteiger partial charge in [-0.05, 0) is 0 Å². The van der Waals surface area contributed by atoms with Crippen molar-refractivity contribution in [3.8, 4) is 0 Å². The minimum absolute atomic E-state index is 0.0280. The second kappa shape index (κ2) is 7.02. The predicted octanol–water partition coefficient (Wildman–Crippen LogP) is -3.39. The molecule has 4 atom stereocenters. The number of aliphatic carboxylic acids is 1. The molecule has 23 heavy (non-hydrogen) atoms. The molecule has 128 valence electrons. The maximum absolute atomic E-state index is 11.9. The van der Waals surface area contributed by atoms with Gasteiger partial charge in [-0.15, -0.1) is 0 Å². The fourth-order valence-electron chi connectivity index (χ4n) is 2.25. The van der Waals surface area contributed by atoms with Crippen LogP contribution in [0, 0.1) is 0 Å². The number of nitrogens with one attached hydrogen (secondary N) is 1. The minimum atomic E-state index is -1.44. The van der Waals surface area contributed by atoms with Crippen molar-refractivity contribution in [2.45, 2.75) is 31.1 Å². The van der Waals surface area contributed by atoms with Gasteiger partial charge in [-0.2, -0.15) is 4.98 Å². The zero-order valence-electron chi connectivity index (χ0n) is 12.0. The van der Waals surface area contributed by atoms with E-state index in [-0.39, 0.29) is 18.9 Å². The highest BCUT2D eigenvalue weighted by atomic mass is 16.6. The summed E-state index contributed by atoms with van der Waals surface area (Å²) in [6.07, 6.45) is -3.80. The first-order valence-corrected chi connectivity index (χ1v) is 6.77. The van der Waals surface area contributed by atoms with Crippen molar-refractivity contribution >= 4 is 11.8 Å². The number of anilines is 1. The van der Waals surface area contributed by atoms with Gasteiger partial charge in [0.05, 0.1) is 13.2 Å². The SMILES string of the molecule is Nc1nc(=O)n([C@@H]2O[C@H](CO)[C@@H](O)[C@H]2O)cc1CNCC(=O)O. The monoisotopic (exact) mass is 330 g/mol. The average Bonchev–Trinajstić information content (AvgIpc) is 2.77. The fourth-order valence-corrected chi connectivity index (χ4v) is 2.25. The van der Waals surface area contributed by atoms with E-state index in [1.54, 1.807) is 0 Å². The lowest BCUT2D eigenvalue weighted by atomic mass is 10.1. The van der Waals surface area contributed by atoms with Crippen LogP contribution in [-0.2, 0) is 16.1 Å². The summed E-state index contributed by atoms with van der Waals surface area (Å²) < 4.78 is 6.20. The zero-order chi connectivity index (χ0) is 17.1. The van der Waals surface area contributed by atoms with E-state index in [1.807, 2.05) is 0 Å². The maximum atomic E-state index is 11.9.